The Morgan fingerprint density at radius 3 is 2.28 bits per heavy atom. The molecule has 1 fully saturated rings. The number of nitrogens with zero attached hydrogens (tertiary/aromatic N) is 5. The first-order valence-electron chi connectivity index (χ1n) is 7.64. The van der Waals surface area contributed by atoms with Crippen molar-refractivity contribution < 1.29 is 4.79 Å². The van der Waals surface area contributed by atoms with Crippen molar-refractivity contribution >= 4 is 11.6 Å². The van der Waals surface area contributed by atoms with Gasteiger partial charge in [0.2, 0.25) is 0 Å². The van der Waals surface area contributed by atoms with Gasteiger partial charge in [0.1, 0.15) is 23.9 Å². The number of hydrogen-bond acceptors (Lipinski definition) is 7. The van der Waals surface area contributed by atoms with E-state index in [9.17, 15) is 4.79 Å². The summed E-state index contributed by atoms with van der Waals surface area (Å²) in [5.74, 6) is -0.319. The number of hydrogen-bond donors (Lipinski definition) is 2. The predicted molar refractivity (Wildman–Crippen MR) is 90.5 cm³/mol. The molecule has 8 nitrogen and oxygen atoms in total. The number of anilines is 1. The third-order valence-electron chi connectivity index (χ3n) is 3.78. The van der Waals surface area contributed by atoms with Crippen LogP contribution >= 0.6 is 0 Å². The first-order valence-corrected chi connectivity index (χ1v) is 7.64. The molecule has 1 aliphatic rings. The molecule has 0 aromatic heterocycles. The second-order valence-electron chi connectivity index (χ2n) is 5.49. The zero-order chi connectivity index (χ0) is 18.2. The highest BCUT2D eigenvalue weighted by Crippen LogP contribution is 2.18. The lowest BCUT2D eigenvalue weighted by molar-refractivity contribution is 0.0663. The van der Waals surface area contributed by atoms with Gasteiger partial charge in [-0.3, -0.25) is 10.2 Å². The number of nitriles is 3. The van der Waals surface area contributed by atoms with Gasteiger partial charge in [0, 0.05) is 26.2 Å². The van der Waals surface area contributed by atoms with Crippen LogP contribution in [0.3, 0.4) is 0 Å². The molecule has 0 aliphatic carbocycles. The fraction of sp³-hybridized carbons (Fsp3) is 0.294. The molecule has 0 bridgehead atoms. The van der Waals surface area contributed by atoms with E-state index in [0.717, 1.165) is 13.1 Å². The second kappa shape index (κ2) is 8.47. The Kier molecular flexibility index (Phi) is 6.08. The van der Waals surface area contributed by atoms with Gasteiger partial charge in [-0.25, -0.2) is 5.01 Å². The van der Waals surface area contributed by atoms with Crippen LogP contribution < -0.4 is 10.7 Å². The van der Waals surface area contributed by atoms with Gasteiger partial charge in [-0.05, 0) is 19.2 Å². The maximum absolute atomic E-state index is 12.6. The smallest absolute Gasteiger partial charge is 0.267 e. The Morgan fingerprint density at radius 1 is 1.04 bits per heavy atom. The molecule has 0 saturated carbocycles. The van der Waals surface area contributed by atoms with Crippen LogP contribution in [0.25, 0.3) is 0 Å². The summed E-state index contributed by atoms with van der Waals surface area (Å²) in [5.41, 5.74) is 3.00. The Morgan fingerprint density at radius 2 is 1.68 bits per heavy atom. The predicted octanol–water partition coefficient (Wildman–Crippen LogP) is 0.816. The zero-order valence-electron chi connectivity index (χ0n) is 13.8. The maximum Gasteiger partial charge on any atom is 0.267 e. The zero-order valence-corrected chi connectivity index (χ0v) is 13.8. The molecule has 2 rings (SSSR count). The number of allylic oxidation sites excluding steroid dienone is 2. The largest absolute Gasteiger partial charge is 0.344 e. The molecule has 0 unspecified atom stereocenters. The van der Waals surface area contributed by atoms with Gasteiger partial charge >= 0.3 is 0 Å². The highest BCUT2D eigenvalue weighted by molar-refractivity contribution is 5.99. The second-order valence-corrected chi connectivity index (χ2v) is 5.49. The van der Waals surface area contributed by atoms with Crippen LogP contribution in [0.1, 0.15) is 10.4 Å². The highest BCUT2D eigenvalue weighted by Gasteiger charge is 2.19. The van der Waals surface area contributed by atoms with Crippen molar-refractivity contribution in [2.24, 2.45) is 0 Å². The summed E-state index contributed by atoms with van der Waals surface area (Å²) < 4.78 is 0. The molecule has 25 heavy (non-hydrogen) atoms. The van der Waals surface area contributed by atoms with Gasteiger partial charge in [-0.2, -0.15) is 15.8 Å². The molecule has 1 aromatic carbocycles. The molecule has 0 atom stereocenters. The van der Waals surface area contributed by atoms with E-state index in [4.69, 9.17) is 15.8 Å². The maximum atomic E-state index is 12.6. The Bertz CT molecular complexity index is 786. The van der Waals surface area contributed by atoms with Crippen LogP contribution in [-0.4, -0.2) is 49.0 Å². The number of nitrogens with one attached hydrogen (secondary N) is 2. The summed E-state index contributed by atoms with van der Waals surface area (Å²) in [6, 6.07) is 11.7. The standard InChI is InChI=1S/C17H17N7O/c1-23-6-8-24(9-7-23)22-17(25)14-4-2-3-5-15(14)21-16(12-20)13(10-18)11-19/h2-5,21H,6-9H2,1H3,(H,22,25). The Hall–Kier alpha value is -3.38. The molecule has 0 spiro atoms. The number of piperazine rings is 1. The number of carbonyl (C=O) groups excluding carboxylic acids is 1. The van der Waals surface area contributed by atoms with Gasteiger partial charge < -0.3 is 10.2 Å². The number of carbonyl (C=O) groups is 1. The first kappa shape index (κ1) is 18.0. The van der Waals surface area contributed by atoms with Crippen LogP contribution in [0.5, 0.6) is 0 Å². The molecule has 2 N–H and O–H groups in total. The minimum Gasteiger partial charge on any atom is -0.344 e. The van der Waals surface area contributed by atoms with Crippen molar-refractivity contribution in [3.8, 4) is 18.2 Å². The molecule has 0 radical (unpaired) electrons. The van der Waals surface area contributed by atoms with Crippen molar-refractivity contribution in [3.05, 3.63) is 41.1 Å². The Balaban J connectivity index is 2.19. The first-order chi connectivity index (χ1) is 12.1. The highest BCUT2D eigenvalue weighted by atomic mass is 16.2. The van der Waals surface area contributed by atoms with Crippen molar-refractivity contribution in [1.82, 2.24) is 15.3 Å². The number of amides is 1. The number of benzene rings is 1. The van der Waals surface area contributed by atoms with E-state index < -0.39 is 0 Å². The third kappa shape index (κ3) is 4.55. The molecule has 1 aliphatic heterocycles. The third-order valence-corrected chi connectivity index (χ3v) is 3.78. The van der Waals surface area contributed by atoms with Gasteiger partial charge in [-0.15, -0.1) is 0 Å². The van der Waals surface area contributed by atoms with Crippen molar-refractivity contribution in [2.75, 3.05) is 38.5 Å². The lowest BCUT2D eigenvalue weighted by Gasteiger charge is -2.32. The van der Waals surface area contributed by atoms with E-state index in [1.165, 1.54) is 0 Å². The van der Waals surface area contributed by atoms with E-state index >= 15 is 0 Å². The van der Waals surface area contributed by atoms with Crippen LogP contribution in [-0.2, 0) is 0 Å². The molecule has 1 aromatic rings. The van der Waals surface area contributed by atoms with Gasteiger partial charge in [0.25, 0.3) is 5.91 Å². The molecular weight excluding hydrogens is 318 g/mol. The topological polar surface area (TPSA) is 119 Å². The number of rotatable bonds is 4. The monoisotopic (exact) mass is 335 g/mol. The van der Waals surface area contributed by atoms with Crippen LogP contribution in [0, 0.1) is 34.0 Å². The van der Waals surface area contributed by atoms with Crippen molar-refractivity contribution in [3.63, 3.8) is 0 Å². The fourth-order valence-electron chi connectivity index (χ4n) is 2.33. The lowest BCUT2D eigenvalue weighted by atomic mass is 10.1. The summed E-state index contributed by atoms with van der Waals surface area (Å²) in [7, 11) is 2.02. The minimum atomic E-state index is -0.336. The normalized spacial score (nSPS) is 14.5. The quantitative estimate of drug-likeness (QED) is 0.782. The number of para-hydroxylation sites is 1. The Labute approximate surface area is 146 Å². The van der Waals surface area contributed by atoms with Gasteiger partial charge in [0.15, 0.2) is 5.57 Å². The van der Waals surface area contributed by atoms with E-state index in [1.54, 1.807) is 42.5 Å². The average molecular weight is 335 g/mol. The SMILES string of the molecule is CN1CCN(NC(=O)c2ccccc2NC(C#N)=C(C#N)C#N)CC1. The van der Waals surface area contributed by atoms with E-state index in [0.29, 0.717) is 24.3 Å². The minimum absolute atomic E-state index is 0.190. The van der Waals surface area contributed by atoms with Crippen LogP contribution in [0.4, 0.5) is 5.69 Å². The van der Waals surface area contributed by atoms with Crippen molar-refractivity contribution in [1.29, 1.82) is 15.8 Å². The molecule has 8 heteroatoms. The summed E-state index contributed by atoms with van der Waals surface area (Å²) in [4.78, 5) is 14.7. The average Bonchev–Trinajstić information content (AvgIpc) is 2.64. The summed E-state index contributed by atoms with van der Waals surface area (Å²) in [5, 5.41) is 31.5. The van der Waals surface area contributed by atoms with E-state index in [-0.39, 0.29) is 17.2 Å². The van der Waals surface area contributed by atoms with Gasteiger partial charge in [0.05, 0.1) is 11.3 Å². The molecule has 1 amide bonds. The number of likely N-dealkylation sites (N-methyl/N-ethyl adjacent to an activating group) is 1. The van der Waals surface area contributed by atoms with Crippen LogP contribution in [0.15, 0.2) is 35.5 Å². The summed E-state index contributed by atoms with van der Waals surface area (Å²) >= 11 is 0. The molecule has 1 heterocycles. The molecular formula is C17H17N7O. The van der Waals surface area contributed by atoms with Crippen LogP contribution in [0.2, 0.25) is 0 Å². The van der Waals surface area contributed by atoms with E-state index in [2.05, 4.69) is 15.6 Å². The molecule has 1 saturated heterocycles. The van der Waals surface area contributed by atoms with E-state index in [1.807, 2.05) is 12.1 Å². The summed E-state index contributed by atoms with van der Waals surface area (Å²) in [6.07, 6.45) is 0. The number of hydrazine groups is 1. The van der Waals surface area contributed by atoms with Gasteiger partial charge in [-0.1, -0.05) is 12.1 Å². The van der Waals surface area contributed by atoms with Crippen molar-refractivity contribution in [2.45, 2.75) is 0 Å². The molecule has 126 valence electrons. The summed E-state index contributed by atoms with van der Waals surface area (Å²) in [6.45, 7) is 3.15. The lowest BCUT2D eigenvalue weighted by Crippen LogP contribution is -2.52. The fourth-order valence-corrected chi connectivity index (χ4v) is 2.33.